The number of carboxylic acid groups (broad SMARTS) is 1. The molecule has 1 heterocycles. The Morgan fingerprint density at radius 2 is 2.21 bits per heavy atom. The number of nitrogens with one attached hydrogen (secondary N) is 1. The fraction of sp³-hybridized carbons (Fsp3) is 0.538. The molecule has 0 aliphatic rings. The first-order valence-corrected chi connectivity index (χ1v) is 6.29. The molecule has 0 fully saturated rings. The van der Waals surface area contributed by atoms with Crippen LogP contribution in [0.25, 0.3) is 0 Å². The average Bonchev–Trinajstić information content (AvgIpc) is 2.83. The van der Waals surface area contributed by atoms with Gasteiger partial charge in [-0.2, -0.15) is 0 Å². The zero-order chi connectivity index (χ0) is 14.3. The van der Waals surface area contributed by atoms with E-state index >= 15 is 0 Å². The Hall–Kier alpha value is -1.98. The molecule has 0 radical (unpaired) electrons. The van der Waals surface area contributed by atoms with Crippen molar-refractivity contribution in [2.75, 3.05) is 6.54 Å². The number of amides is 2. The molecule has 2 N–H and O–H groups in total. The zero-order valence-corrected chi connectivity index (χ0v) is 11.3. The van der Waals surface area contributed by atoms with Gasteiger partial charge in [-0.05, 0) is 32.4 Å². The predicted molar refractivity (Wildman–Crippen MR) is 69.7 cm³/mol. The predicted octanol–water partition coefficient (Wildman–Crippen LogP) is 2.06. The first kappa shape index (κ1) is 15.1. The van der Waals surface area contributed by atoms with Gasteiger partial charge in [-0.25, -0.2) is 4.79 Å². The average molecular weight is 268 g/mol. The molecule has 19 heavy (non-hydrogen) atoms. The molecule has 106 valence electrons. The van der Waals surface area contributed by atoms with Crippen molar-refractivity contribution in [1.29, 1.82) is 0 Å². The van der Waals surface area contributed by atoms with Crippen LogP contribution in [-0.2, 0) is 11.3 Å². The molecule has 0 saturated carbocycles. The Morgan fingerprint density at radius 1 is 1.47 bits per heavy atom. The first-order chi connectivity index (χ1) is 9.00. The van der Waals surface area contributed by atoms with Gasteiger partial charge >= 0.3 is 12.0 Å². The van der Waals surface area contributed by atoms with Crippen LogP contribution < -0.4 is 5.32 Å². The van der Waals surface area contributed by atoms with Crippen molar-refractivity contribution in [2.45, 2.75) is 39.3 Å². The number of rotatable bonds is 7. The molecule has 1 aromatic rings. The number of carboxylic acids is 1. The Kier molecular flexibility index (Phi) is 5.92. The van der Waals surface area contributed by atoms with Gasteiger partial charge in [0.2, 0.25) is 0 Å². The highest BCUT2D eigenvalue weighted by Crippen LogP contribution is 2.09. The van der Waals surface area contributed by atoms with Gasteiger partial charge in [-0.1, -0.05) is 0 Å². The Balaban J connectivity index is 2.42. The molecule has 2 amide bonds. The lowest BCUT2D eigenvalue weighted by Crippen LogP contribution is -2.43. The molecular weight excluding hydrogens is 248 g/mol. The van der Waals surface area contributed by atoms with Crippen molar-refractivity contribution < 1.29 is 19.1 Å². The van der Waals surface area contributed by atoms with Gasteiger partial charge in [0.25, 0.3) is 0 Å². The topological polar surface area (TPSA) is 82.8 Å². The van der Waals surface area contributed by atoms with Crippen molar-refractivity contribution in [1.82, 2.24) is 10.2 Å². The highest BCUT2D eigenvalue weighted by molar-refractivity contribution is 5.74. The van der Waals surface area contributed by atoms with E-state index in [0.29, 0.717) is 19.5 Å². The minimum absolute atomic E-state index is 0.0320. The fourth-order valence-corrected chi connectivity index (χ4v) is 1.60. The molecule has 0 aliphatic carbocycles. The van der Waals surface area contributed by atoms with Crippen molar-refractivity contribution in [3.63, 3.8) is 0 Å². The lowest BCUT2D eigenvalue weighted by Gasteiger charge is -2.26. The third kappa shape index (κ3) is 5.46. The van der Waals surface area contributed by atoms with E-state index in [2.05, 4.69) is 5.32 Å². The second-order valence-corrected chi connectivity index (χ2v) is 4.53. The molecule has 1 aromatic heterocycles. The van der Waals surface area contributed by atoms with Crippen LogP contribution in [0, 0.1) is 0 Å². The second-order valence-electron chi connectivity index (χ2n) is 4.53. The Bertz CT molecular complexity index is 401. The molecular formula is C13H20N2O4. The molecule has 0 unspecified atom stereocenters. The molecule has 0 aliphatic heterocycles. The quantitative estimate of drug-likeness (QED) is 0.741. The highest BCUT2D eigenvalue weighted by Gasteiger charge is 2.17. The van der Waals surface area contributed by atoms with E-state index in [-0.39, 0.29) is 18.5 Å². The zero-order valence-electron chi connectivity index (χ0n) is 11.3. The third-order valence-corrected chi connectivity index (χ3v) is 2.63. The molecule has 0 spiro atoms. The number of aliphatic carboxylic acids is 1. The highest BCUT2D eigenvalue weighted by atomic mass is 16.4. The molecule has 6 heteroatoms. The van der Waals surface area contributed by atoms with E-state index in [0.717, 1.165) is 5.76 Å². The van der Waals surface area contributed by atoms with Gasteiger partial charge < -0.3 is 19.7 Å². The van der Waals surface area contributed by atoms with Gasteiger partial charge in [-0.15, -0.1) is 0 Å². The minimum Gasteiger partial charge on any atom is -0.481 e. The van der Waals surface area contributed by atoms with Gasteiger partial charge in [-0.3, -0.25) is 4.79 Å². The fourth-order valence-electron chi connectivity index (χ4n) is 1.60. The lowest BCUT2D eigenvalue weighted by atomic mass is 10.3. The lowest BCUT2D eigenvalue weighted by molar-refractivity contribution is -0.137. The van der Waals surface area contributed by atoms with E-state index in [4.69, 9.17) is 9.52 Å². The van der Waals surface area contributed by atoms with E-state index < -0.39 is 5.97 Å². The third-order valence-electron chi connectivity index (χ3n) is 2.63. The summed E-state index contributed by atoms with van der Waals surface area (Å²) < 4.78 is 5.22. The summed E-state index contributed by atoms with van der Waals surface area (Å²) in [5.74, 6) is -0.139. The van der Waals surface area contributed by atoms with Crippen LogP contribution in [0.4, 0.5) is 4.79 Å². The molecule has 0 atom stereocenters. The number of furan rings is 1. The maximum Gasteiger partial charge on any atom is 0.318 e. The van der Waals surface area contributed by atoms with E-state index in [1.807, 2.05) is 19.9 Å². The molecule has 0 saturated heterocycles. The minimum atomic E-state index is -0.856. The van der Waals surface area contributed by atoms with Crippen molar-refractivity contribution >= 4 is 12.0 Å². The number of carbonyl (C=O) groups is 2. The molecule has 6 nitrogen and oxygen atoms in total. The number of hydrogen-bond acceptors (Lipinski definition) is 3. The van der Waals surface area contributed by atoms with Crippen molar-refractivity contribution in [3.05, 3.63) is 24.2 Å². The van der Waals surface area contributed by atoms with Gasteiger partial charge in [0.15, 0.2) is 0 Å². The standard InChI is InChI=1S/C13H20N2O4/c1-10(2)15(9-11-5-4-8-19-11)13(18)14-7-3-6-12(16)17/h4-5,8,10H,3,6-7,9H2,1-2H3,(H,14,18)(H,16,17). The van der Waals surface area contributed by atoms with Crippen LogP contribution in [-0.4, -0.2) is 34.6 Å². The van der Waals surface area contributed by atoms with Crippen LogP contribution in [0.2, 0.25) is 0 Å². The summed E-state index contributed by atoms with van der Waals surface area (Å²) in [6, 6.07) is 3.41. The maximum absolute atomic E-state index is 12.0. The summed E-state index contributed by atoms with van der Waals surface area (Å²) in [6.45, 7) is 4.58. The van der Waals surface area contributed by atoms with E-state index in [1.165, 1.54) is 0 Å². The normalized spacial score (nSPS) is 10.5. The first-order valence-electron chi connectivity index (χ1n) is 6.29. The van der Waals surface area contributed by atoms with Crippen LogP contribution in [0.1, 0.15) is 32.4 Å². The second kappa shape index (κ2) is 7.45. The summed E-state index contributed by atoms with van der Waals surface area (Å²) >= 11 is 0. The van der Waals surface area contributed by atoms with Gasteiger partial charge in [0, 0.05) is 19.0 Å². The summed E-state index contributed by atoms with van der Waals surface area (Å²) in [6.07, 6.45) is 2.05. The van der Waals surface area contributed by atoms with Gasteiger partial charge in [0.1, 0.15) is 5.76 Å². The van der Waals surface area contributed by atoms with Crippen LogP contribution >= 0.6 is 0 Å². The number of hydrogen-bond donors (Lipinski definition) is 2. The monoisotopic (exact) mass is 268 g/mol. The Labute approximate surface area is 112 Å². The largest absolute Gasteiger partial charge is 0.481 e. The maximum atomic E-state index is 12.0. The number of urea groups is 1. The summed E-state index contributed by atoms with van der Waals surface area (Å²) in [7, 11) is 0. The van der Waals surface area contributed by atoms with Crippen molar-refractivity contribution in [2.24, 2.45) is 0 Å². The summed E-state index contributed by atoms with van der Waals surface area (Å²) in [4.78, 5) is 24.0. The van der Waals surface area contributed by atoms with Crippen molar-refractivity contribution in [3.8, 4) is 0 Å². The summed E-state index contributed by atoms with van der Waals surface area (Å²) in [5.41, 5.74) is 0. The number of carbonyl (C=O) groups excluding carboxylic acids is 1. The van der Waals surface area contributed by atoms with Crippen LogP contribution in [0.5, 0.6) is 0 Å². The van der Waals surface area contributed by atoms with Gasteiger partial charge in [0.05, 0.1) is 12.8 Å². The smallest absolute Gasteiger partial charge is 0.318 e. The van der Waals surface area contributed by atoms with E-state index in [9.17, 15) is 9.59 Å². The SMILES string of the molecule is CC(C)N(Cc1ccco1)C(=O)NCCCC(=O)O. The van der Waals surface area contributed by atoms with E-state index in [1.54, 1.807) is 17.2 Å². The molecule has 0 bridgehead atoms. The van der Waals surface area contributed by atoms with Crippen LogP contribution in [0.3, 0.4) is 0 Å². The summed E-state index contributed by atoms with van der Waals surface area (Å²) in [5, 5.41) is 11.2. The molecule has 1 rings (SSSR count). The van der Waals surface area contributed by atoms with Crippen LogP contribution in [0.15, 0.2) is 22.8 Å². The molecule has 0 aromatic carbocycles. The Morgan fingerprint density at radius 3 is 2.74 bits per heavy atom. The number of nitrogens with zero attached hydrogens (tertiary/aromatic N) is 1.